The van der Waals surface area contributed by atoms with Gasteiger partial charge in [-0.25, -0.2) is 0 Å². The highest BCUT2D eigenvalue weighted by atomic mass is 35.5. The van der Waals surface area contributed by atoms with Crippen LogP contribution in [0.3, 0.4) is 0 Å². The largest absolute Gasteiger partial charge is 0.378 e. The zero-order valence-corrected chi connectivity index (χ0v) is 10.9. The van der Waals surface area contributed by atoms with E-state index in [0.717, 1.165) is 32.6 Å². The molecule has 98 valence electrons. The van der Waals surface area contributed by atoms with Crippen LogP contribution in [0, 0.1) is 11.3 Å². The molecule has 0 aromatic heterocycles. The number of rotatable bonds is 1. The van der Waals surface area contributed by atoms with E-state index in [1.807, 2.05) is 4.90 Å². The zero-order chi connectivity index (χ0) is 11.0. The van der Waals surface area contributed by atoms with Crippen LogP contribution in [0.25, 0.3) is 0 Å². The molecule has 2 saturated heterocycles. The van der Waals surface area contributed by atoms with E-state index in [9.17, 15) is 4.79 Å². The highest BCUT2D eigenvalue weighted by Gasteiger charge is 2.58. The van der Waals surface area contributed by atoms with Gasteiger partial charge in [0.15, 0.2) is 0 Å². The fraction of sp³-hybridized carbons (Fsp3) is 0.917. The molecule has 0 aromatic rings. The SMILES string of the molecule is Cl.O=C(C1CC12CCNCC2)N1CCOCC1. The lowest BCUT2D eigenvalue weighted by molar-refractivity contribution is -0.137. The number of morpholine rings is 1. The third-order valence-electron chi connectivity index (χ3n) is 4.41. The van der Waals surface area contributed by atoms with E-state index >= 15 is 0 Å². The van der Waals surface area contributed by atoms with Crippen molar-refractivity contribution in [3.8, 4) is 0 Å². The van der Waals surface area contributed by atoms with Crippen molar-refractivity contribution >= 4 is 18.3 Å². The van der Waals surface area contributed by atoms with Crippen molar-refractivity contribution in [3.05, 3.63) is 0 Å². The number of hydrogen-bond acceptors (Lipinski definition) is 3. The molecule has 1 N–H and O–H groups in total. The monoisotopic (exact) mass is 260 g/mol. The Morgan fingerprint density at radius 3 is 2.53 bits per heavy atom. The molecule has 3 rings (SSSR count). The van der Waals surface area contributed by atoms with Gasteiger partial charge in [-0.2, -0.15) is 0 Å². The van der Waals surface area contributed by atoms with Crippen molar-refractivity contribution in [2.24, 2.45) is 11.3 Å². The highest BCUT2D eigenvalue weighted by molar-refractivity contribution is 5.85. The molecule has 1 unspecified atom stereocenters. The number of carbonyl (C=O) groups excluding carboxylic acids is 1. The van der Waals surface area contributed by atoms with Crippen LogP contribution in [0.5, 0.6) is 0 Å². The smallest absolute Gasteiger partial charge is 0.226 e. The van der Waals surface area contributed by atoms with Crippen LogP contribution >= 0.6 is 12.4 Å². The summed E-state index contributed by atoms with van der Waals surface area (Å²) in [6, 6.07) is 0. The molecule has 1 saturated carbocycles. The minimum Gasteiger partial charge on any atom is -0.378 e. The van der Waals surface area contributed by atoms with Gasteiger partial charge in [-0.1, -0.05) is 0 Å². The summed E-state index contributed by atoms with van der Waals surface area (Å²) >= 11 is 0. The van der Waals surface area contributed by atoms with Crippen molar-refractivity contribution in [1.29, 1.82) is 0 Å². The molecule has 1 aliphatic carbocycles. The average molecular weight is 261 g/mol. The number of halogens is 1. The Balaban J connectivity index is 0.00000108. The maximum Gasteiger partial charge on any atom is 0.226 e. The fourth-order valence-corrected chi connectivity index (χ4v) is 3.18. The van der Waals surface area contributed by atoms with Crippen molar-refractivity contribution < 1.29 is 9.53 Å². The molecule has 2 heterocycles. The number of nitrogens with one attached hydrogen (secondary N) is 1. The van der Waals surface area contributed by atoms with Crippen LogP contribution in [-0.2, 0) is 9.53 Å². The molecule has 1 amide bonds. The predicted molar refractivity (Wildman–Crippen MR) is 67.3 cm³/mol. The lowest BCUT2D eigenvalue weighted by Gasteiger charge is -2.29. The second-order valence-electron chi connectivity index (χ2n) is 5.31. The molecule has 3 fully saturated rings. The Hall–Kier alpha value is -0.320. The van der Waals surface area contributed by atoms with Crippen molar-refractivity contribution in [1.82, 2.24) is 10.2 Å². The van der Waals surface area contributed by atoms with Crippen molar-refractivity contribution in [3.63, 3.8) is 0 Å². The molecule has 1 spiro atoms. The maximum absolute atomic E-state index is 12.3. The first-order chi connectivity index (χ1) is 7.82. The molecule has 5 heteroatoms. The van der Waals surface area contributed by atoms with Gasteiger partial charge in [0.1, 0.15) is 0 Å². The van der Waals surface area contributed by atoms with E-state index in [-0.39, 0.29) is 12.4 Å². The highest BCUT2D eigenvalue weighted by Crippen LogP contribution is 2.59. The standard InChI is InChI=1S/C12H20N2O2.ClH/c15-11(14-5-7-16-8-6-14)10-9-12(10)1-3-13-4-2-12;/h10,13H,1-9H2;1H. The summed E-state index contributed by atoms with van der Waals surface area (Å²) in [6.45, 7) is 5.20. The number of ether oxygens (including phenoxy) is 1. The van der Waals surface area contributed by atoms with Gasteiger partial charge in [0, 0.05) is 19.0 Å². The molecule has 2 aliphatic heterocycles. The van der Waals surface area contributed by atoms with Crippen molar-refractivity contribution in [2.75, 3.05) is 39.4 Å². The summed E-state index contributed by atoms with van der Waals surface area (Å²) in [5.41, 5.74) is 0.376. The van der Waals surface area contributed by atoms with Crippen LogP contribution in [0.1, 0.15) is 19.3 Å². The lowest BCUT2D eigenvalue weighted by atomic mass is 9.91. The lowest BCUT2D eigenvalue weighted by Crippen LogP contribution is -2.43. The van der Waals surface area contributed by atoms with E-state index < -0.39 is 0 Å². The summed E-state index contributed by atoms with van der Waals surface area (Å²) in [5, 5.41) is 3.37. The van der Waals surface area contributed by atoms with Gasteiger partial charge in [0.25, 0.3) is 0 Å². The Labute approximate surface area is 108 Å². The second-order valence-corrected chi connectivity index (χ2v) is 5.31. The maximum atomic E-state index is 12.3. The molecule has 4 nitrogen and oxygen atoms in total. The molecule has 0 aromatic carbocycles. The topological polar surface area (TPSA) is 41.6 Å². The van der Waals surface area contributed by atoms with Crippen LogP contribution in [0.4, 0.5) is 0 Å². The quantitative estimate of drug-likeness (QED) is 0.753. The van der Waals surface area contributed by atoms with E-state index in [4.69, 9.17) is 4.74 Å². The van der Waals surface area contributed by atoms with E-state index in [2.05, 4.69) is 5.32 Å². The Morgan fingerprint density at radius 1 is 1.24 bits per heavy atom. The Kier molecular flexibility index (Phi) is 3.95. The van der Waals surface area contributed by atoms with Gasteiger partial charge in [-0.3, -0.25) is 4.79 Å². The summed E-state index contributed by atoms with van der Waals surface area (Å²) < 4.78 is 5.28. The zero-order valence-electron chi connectivity index (χ0n) is 10.1. The minimum absolute atomic E-state index is 0. The molecule has 1 atom stereocenters. The number of carbonyl (C=O) groups is 1. The normalized spacial score (nSPS) is 30.8. The third-order valence-corrected chi connectivity index (χ3v) is 4.41. The summed E-state index contributed by atoms with van der Waals surface area (Å²) in [5.74, 6) is 0.720. The average Bonchev–Trinajstić information content (AvgIpc) is 3.04. The van der Waals surface area contributed by atoms with Crippen LogP contribution in [0.15, 0.2) is 0 Å². The van der Waals surface area contributed by atoms with Gasteiger partial charge in [0.05, 0.1) is 13.2 Å². The first kappa shape index (κ1) is 13.1. The molecular weight excluding hydrogens is 240 g/mol. The first-order valence-electron chi connectivity index (χ1n) is 6.39. The van der Waals surface area contributed by atoms with Gasteiger partial charge >= 0.3 is 0 Å². The predicted octanol–water partition coefficient (Wildman–Crippen LogP) is 0.657. The Bertz CT molecular complexity index is 286. The van der Waals surface area contributed by atoms with E-state index in [1.165, 1.54) is 12.8 Å². The van der Waals surface area contributed by atoms with E-state index in [1.54, 1.807) is 0 Å². The van der Waals surface area contributed by atoms with Crippen molar-refractivity contribution in [2.45, 2.75) is 19.3 Å². The summed E-state index contributed by atoms with van der Waals surface area (Å²) in [7, 11) is 0. The minimum atomic E-state index is 0. The molecule has 3 aliphatic rings. The van der Waals surface area contributed by atoms with Gasteiger partial charge < -0.3 is 15.0 Å². The van der Waals surface area contributed by atoms with E-state index in [0.29, 0.717) is 30.5 Å². The van der Waals surface area contributed by atoms with Crippen LogP contribution < -0.4 is 5.32 Å². The molecule has 0 bridgehead atoms. The Morgan fingerprint density at radius 2 is 1.88 bits per heavy atom. The number of nitrogens with zero attached hydrogens (tertiary/aromatic N) is 1. The third kappa shape index (κ3) is 2.44. The fourth-order valence-electron chi connectivity index (χ4n) is 3.18. The molecule has 17 heavy (non-hydrogen) atoms. The second kappa shape index (κ2) is 5.12. The summed E-state index contributed by atoms with van der Waals surface area (Å²) in [6.07, 6.45) is 3.51. The van der Waals surface area contributed by atoms with Crippen LogP contribution in [-0.4, -0.2) is 50.2 Å². The molecule has 0 radical (unpaired) electrons. The molecular formula is C12H21ClN2O2. The number of piperidine rings is 1. The number of amides is 1. The van der Waals surface area contributed by atoms with Gasteiger partial charge in [-0.15, -0.1) is 12.4 Å². The number of hydrogen-bond donors (Lipinski definition) is 1. The first-order valence-corrected chi connectivity index (χ1v) is 6.39. The van der Waals surface area contributed by atoms with Gasteiger partial charge in [-0.05, 0) is 37.8 Å². The van der Waals surface area contributed by atoms with Crippen LogP contribution in [0.2, 0.25) is 0 Å². The summed E-state index contributed by atoms with van der Waals surface area (Å²) in [4.78, 5) is 14.3. The van der Waals surface area contributed by atoms with Gasteiger partial charge in [0.2, 0.25) is 5.91 Å².